The third-order valence-electron chi connectivity index (χ3n) is 7.99. The highest BCUT2D eigenvalue weighted by Crippen LogP contribution is 2.39. The van der Waals surface area contributed by atoms with Crippen molar-refractivity contribution in [1.82, 2.24) is 9.80 Å². The lowest BCUT2D eigenvalue weighted by Crippen LogP contribution is -2.59. The number of carbonyl (C=O) groups is 2. The minimum Gasteiger partial charge on any atom is -0.469 e. The number of hydrogen-bond donors (Lipinski definition) is 0. The number of rotatable bonds is 5. The number of hydrogen-bond acceptors (Lipinski definition) is 4. The molecule has 2 saturated heterocycles. The molecule has 5 nitrogen and oxygen atoms in total. The number of esters is 1. The maximum absolute atomic E-state index is 13.8. The molecule has 1 aliphatic carbocycles. The molecule has 0 spiro atoms. The molecule has 182 valence electrons. The van der Waals surface area contributed by atoms with E-state index in [1.807, 2.05) is 12.1 Å². The Kier molecular flexibility index (Phi) is 8.59. The number of halogens is 2. The first kappa shape index (κ1) is 24.8. The fraction of sp³-hybridized carbons (Fsp3) is 0.692. The number of likely N-dealkylation sites (tertiary alicyclic amines) is 2. The Morgan fingerprint density at radius 1 is 0.970 bits per heavy atom. The molecule has 1 aromatic carbocycles. The lowest BCUT2D eigenvalue weighted by molar-refractivity contribution is -0.142. The van der Waals surface area contributed by atoms with Crippen LogP contribution in [0.1, 0.15) is 63.4 Å². The molecule has 2 heterocycles. The van der Waals surface area contributed by atoms with Gasteiger partial charge in [-0.15, -0.1) is 0 Å². The minimum atomic E-state index is -0.149. The van der Waals surface area contributed by atoms with E-state index in [0.29, 0.717) is 41.4 Å². The maximum atomic E-state index is 13.8. The molecule has 33 heavy (non-hydrogen) atoms. The monoisotopic (exact) mass is 494 g/mol. The van der Waals surface area contributed by atoms with E-state index in [2.05, 4.69) is 9.80 Å². The van der Waals surface area contributed by atoms with E-state index in [1.54, 1.807) is 6.07 Å². The molecule has 0 radical (unpaired) electrons. The van der Waals surface area contributed by atoms with Gasteiger partial charge in [-0.2, -0.15) is 0 Å². The molecule has 0 bridgehead atoms. The topological polar surface area (TPSA) is 49.9 Å². The third kappa shape index (κ3) is 6.04. The van der Waals surface area contributed by atoms with Gasteiger partial charge in [0.2, 0.25) is 5.91 Å². The summed E-state index contributed by atoms with van der Waals surface area (Å²) in [6.07, 6.45) is 9.80. The van der Waals surface area contributed by atoms with Crippen LogP contribution < -0.4 is 0 Å². The Morgan fingerprint density at radius 3 is 2.48 bits per heavy atom. The Morgan fingerprint density at radius 2 is 1.76 bits per heavy atom. The van der Waals surface area contributed by atoms with Crippen molar-refractivity contribution >= 4 is 35.1 Å². The van der Waals surface area contributed by atoms with Crippen LogP contribution in [-0.4, -0.2) is 60.5 Å². The van der Waals surface area contributed by atoms with Crippen molar-refractivity contribution < 1.29 is 14.3 Å². The number of methoxy groups -OCH3 is 1. The first-order chi connectivity index (χ1) is 16.0. The number of ether oxygens (including phenoxy) is 1. The zero-order valence-electron chi connectivity index (χ0n) is 19.6. The van der Waals surface area contributed by atoms with E-state index in [4.69, 9.17) is 27.9 Å². The average molecular weight is 495 g/mol. The predicted octanol–water partition coefficient (Wildman–Crippen LogP) is 5.36. The first-order valence-corrected chi connectivity index (χ1v) is 13.3. The Bertz CT molecular complexity index is 843. The lowest BCUT2D eigenvalue weighted by Gasteiger charge is -2.50. The van der Waals surface area contributed by atoms with Gasteiger partial charge >= 0.3 is 5.97 Å². The van der Waals surface area contributed by atoms with Crippen molar-refractivity contribution in [2.75, 3.05) is 26.7 Å². The van der Waals surface area contributed by atoms with E-state index in [1.165, 1.54) is 32.8 Å². The molecule has 7 heteroatoms. The summed E-state index contributed by atoms with van der Waals surface area (Å²) in [4.78, 5) is 30.6. The van der Waals surface area contributed by atoms with E-state index >= 15 is 0 Å². The summed E-state index contributed by atoms with van der Waals surface area (Å²) in [5, 5.41) is 0.990. The van der Waals surface area contributed by atoms with Gasteiger partial charge in [0.15, 0.2) is 0 Å². The predicted molar refractivity (Wildman–Crippen MR) is 132 cm³/mol. The zero-order chi connectivity index (χ0) is 23.4. The van der Waals surface area contributed by atoms with Crippen molar-refractivity contribution in [1.29, 1.82) is 0 Å². The fourth-order valence-corrected chi connectivity index (χ4v) is 6.62. The number of carbonyl (C=O) groups excluding carboxylic acids is 2. The van der Waals surface area contributed by atoms with Gasteiger partial charge in [0.1, 0.15) is 0 Å². The molecular formula is C26H36Cl2N2O3. The third-order valence-corrected chi connectivity index (χ3v) is 8.73. The van der Waals surface area contributed by atoms with Gasteiger partial charge in [0.25, 0.3) is 0 Å². The quantitative estimate of drug-likeness (QED) is 0.516. The van der Waals surface area contributed by atoms with Crippen LogP contribution in [0.15, 0.2) is 18.2 Å². The van der Waals surface area contributed by atoms with Crippen molar-refractivity contribution in [2.24, 2.45) is 11.8 Å². The smallest absolute Gasteiger partial charge is 0.305 e. The standard InChI is InChI=1S/C26H36Cl2N2O3/c1-33-25(32)17-18-7-9-20-5-4-6-23(29-12-2-3-13-29)26(20)30(14-11-18)24(31)16-19-8-10-21(27)22(28)15-19/h8,10,15,18,20,23,26H,2-7,9,11-14,16-17H2,1H3. The van der Waals surface area contributed by atoms with Gasteiger partial charge in [-0.05, 0) is 87.6 Å². The van der Waals surface area contributed by atoms with Gasteiger partial charge in [-0.25, -0.2) is 0 Å². The van der Waals surface area contributed by atoms with Gasteiger partial charge < -0.3 is 9.64 Å². The molecule has 3 aliphatic rings. The summed E-state index contributed by atoms with van der Waals surface area (Å²) >= 11 is 12.3. The maximum Gasteiger partial charge on any atom is 0.305 e. The second-order valence-electron chi connectivity index (χ2n) is 10.0. The summed E-state index contributed by atoms with van der Waals surface area (Å²) in [6, 6.07) is 6.17. The van der Waals surface area contributed by atoms with Crippen molar-refractivity contribution in [3.8, 4) is 0 Å². The zero-order valence-corrected chi connectivity index (χ0v) is 21.1. The molecule has 0 N–H and O–H groups in total. The number of amides is 1. The van der Waals surface area contributed by atoms with E-state index in [9.17, 15) is 9.59 Å². The van der Waals surface area contributed by atoms with Crippen LogP contribution >= 0.6 is 23.2 Å². The molecule has 2 aliphatic heterocycles. The molecule has 0 aromatic heterocycles. The summed E-state index contributed by atoms with van der Waals surface area (Å²) in [5.74, 6) is 0.769. The lowest BCUT2D eigenvalue weighted by atomic mass is 9.74. The second kappa shape index (κ2) is 11.4. The van der Waals surface area contributed by atoms with Crippen LogP contribution in [0, 0.1) is 11.8 Å². The van der Waals surface area contributed by atoms with Gasteiger partial charge in [-0.3, -0.25) is 14.5 Å². The molecule has 4 atom stereocenters. The molecular weight excluding hydrogens is 459 g/mol. The highest BCUT2D eigenvalue weighted by atomic mass is 35.5. The average Bonchev–Trinajstić information content (AvgIpc) is 3.33. The Hall–Kier alpha value is -1.30. The van der Waals surface area contributed by atoms with E-state index in [0.717, 1.165) is 44.3 Å². The molecule has 4 rings (SSSR count). The highest BCUT2D eigenvalue weighted by molar-refractivity contribution is 6.42. The summed E-state index contributed by atoms with van der Waals surface area (Å²) in [7, 11) is 1.45. The fourth-order valence-electron chi connectivity index (χ4n) is 6.30. The van der Waals surface area contributed by atoms with Crippen LogP contribution in [0.5, 0.6) is 0 Å². The van der Waals surface area contributed by atoms with Gasteiger partial charge in [0, 0.05) is 19.0 Å². The molecule has 1 amide bonds. The first-order valence-electron chi connectivity index (χ1n) is 12.5. The normalized spacial score (nSPS) is 28.6. The van der Waals surface area contributed by atoms with Crippen LogP contribution in [0.4, 0.5) is 0 Å². The van der Waals surface area contributed by atoms with E-state index in [-0.39, 0.29) is 23.8 Å². The number of fused-ring (bicyclic) bond motifs is 1. The number of benzene rings is 1. The van der Waals surface area contributed by atoms with Crippen LogP contribution in [0.2, 0.25) is 10.0 Å². The minimum absolute atomic E-state index is 0.149. The highest BCUT2D eigenvalue weighted by Gasteiger charge is 2.43. The Labute approximate surface area is 207 Å². The Balaban J connectivity index is 1.58. The van der Waals surface area contributed by atoms with Crippen LogP contribution in [0.3, 0.4) is 0 Å². The van der Waals surface area contributed by atoms with Crippen molar-refractivity contribution in [3.63, 3.8) is 0 Å². The van der Waals surface area contributed by atoms with Crippen LogP contribution in [-0.2, 0) is 20.7 Å². The SMILES string of the molecule is COC(=O)CC1CCC2CCCC(N3CCCC3)C2N(C(=O)Cc2ccc(Cl)c(Cl)c2)CC1. The van der Waals surface area contributed by atoms with Gasteiger partial charge in [0.05, 0.1) is 29.6 Å². The summed E-state index contributed by atoms with van der Waals surface area (Å²) < 4.78 is 4.94. The molecule has 4 unspecified atom stereocenters. The second-order valence-corrected chi connectivity index (χ2v) is 10.8. The molecule has 1 aromatic rings. The van der Waals surface area contributed by atoms with E-state index < -0.39 is 0 Å². The molecule has 3 fully saturated rings. The largest absolute Gasteiger partial charge is 0.469 e. The van der Waals surface area contributed by atoms with Crippen LogP contribution in [0.25, 0.3) is 0 Å². The summed E-state index contributed by atoms with van der Waals surface area (Å²) in [5.41, 5.74) is 0.896. The molecule has 1 saturated carbocycles. The van der Waals surface area contributed by atoms with Crippen molar-refractivity contribution in [3.05, 3.63) is 33.8 Å². The number of nitrogens with zero attached hydrogens (tertiary/aromatic N) is 2. The summed E-state index contributed by atoms with van der Waals surface area (Å²) in [6.45, 7) is 2.99. The van der Waals surface area contributed by atoms with Crippen molar-refractivity contribution in [2.45, 2.75) is 76.3 Å². The van der Waals surface area contributed by atoms with Gasteiger partial charge in [-0.1, -0.05) is 35.7 Å².